The van der Waals surface area contributed by atoms with Crippen molar-refractivity contribution in [1.29, 1.82) is 0 Å². The number of rotatable bonds is 6. The molecule has 0 saturated heterocycles. The molecule has 1 heterocycles. The number of benzene rings is 2. The molecule has 4 nitrogen and oxygen atoms in total. The number of thiazole rings is 1. The van der Waals surface area contributed by atoms with Crippen LogP contribution in [0.5, 0.6) is 5.75 Å². The number of phenolic OH excluding ortho intramolecular Hbond substituents is 1. The standard InChI is InChI=1S/C16H17N3OS/c20-13-7-5-12(6-8-13)11-17-9-10-18-16-19-14-3-1-2-4-15(14)21-16/h1-8,17,20H,9-11H2,(H,18,19). The van der Waals surface area contributed by atoms with Gasteiger partial charge in [-0.1, -0.05) is 35.6 Å². The van der Waals surface area contributed by atoms with Gasteiger partial charge in [-0.2, -0.15) is 0 Å². The number of aromatic nitrogens is 1. The van der Waals surface area contributed by atoms with E-state index < -0.39 is 0 Å². The molecule has 0 bridgehead atoms. The maximum absolute atomic E-state index is 9.22. The molecule has 1 aromatic heterocycles. The molecule has 0 atom stereocenters. The van der Waals surface area contributed by atoms with E-state index in [2.05, 4.69) is 21.7 Å². The van der Waals surface area contributed by atoms with Gasteiger partial charge in [0.1, 0.15) is 5.75 Å². The van der Waals surface area contributed by atoms with Gasteiger partial charge in [-0.25, -0.2) is 4.98 Å². The van der Waals surface area contributed by atoms with Crippen molar-refractivity contribution in [3.63, 3.8) is 0 Å². The first-order valence-electron chi connectivity index (χ1n) is 6.89. The van der Waals surface area contributed by atoms with Gasteiger partial charge < -0.3 is 15.7 Å². The number of aromatic hydroxyl groups is 1. The van der Waals surface area contributed by atoms with Crippen molar-refractivity contribution in [2.24, 2.45) is 0 Å². The van der Waals surface area contributed by atoms with Crippen LogP contribution in [-0.4, -0.2) is 23.2 Å². The number of hydrogen-bond donors (Lipinski definition) is 3. The summed E-state index contributed by atoms with van der Waals surface area (Å²) in [7, 11) is 0. The molecule has 5 heteroatoms. The summed E-state index contributed by atoms with van der Waals surface area (Å²) >= 11 is 1.68. The van der Waals surface area contributed by atoms with E-state index in [1.165, 1.54) is 4.70 Å². The lowest BCUT2D eigenvalue weighted by molar-refractivity contribution is 0.475. The van der Waals surface area contributed by atoms with Crippen LogP contribution >= 0.6 is 11.3 Å². The van der Waals surface area contributed by atoms with Crippen LogP contribution in [0.25, 0.3) is 10.2 Å². The average Bonchev–Trinajstić information content (AvgIpc) is 2.91. The Hall–Kier alpha value is -2.11. The van der Waals surface area contributed by atoms with Crippen LogP contribution in [0.1, 0.15) is 5.56 Å². The highest BCUT2D eigenvalue weighted by Crippen LogP contribution is 2.24. The Labute approximate surface area is 127 Å². The lowest BCUT2D eigenvalue weighted by atomic mass is 10.2. The van der Waals surface area contributed by atoms with Crippen molar-refractivity contribution >= 4 is 26.7 Å². The van der Waals surface area contributed by atoms with Crippen LogP contribution < -0.4 is 10.6 Å². The maximum atomic E-state index is 9.22. The topological polar surface area (TPSA) is 57.2 Å². The number of para-hydroxylation sites is 1. The third-order valence-corrected chi connectivity index (χ3v) is 4.13. The number of fused-ring (bicyclic) bond motifs is 1. The molecule has 3 N–H and O–H groups in total. The van der Waals surface area contributed by atoms with Gasteiger partial charge in [0.15, 0.2) is 5.13 Å². The molecular formula is C16H17N3OS. The summed E-state index contributed by atoms with van der Waals surface area (Å²) in [5, 5.41) is 16.9. The van der Waals surface area contributed by atoms with E-state index in [0.717, 1.165) is 35.8 Å². The van der Waals surface area contributed by atoms with Crippen LogP contribution in [0.2, 0.25) is 0 Å². The summed E-state index contributed by atoms with van der Waals surface area (Å²) in [5.41, 5.74) is 2.20. The molecule has 0 radical (unpaired) electrons. The summed E-state index contributed by atoms with van der Waals surface area (Å²) in [6, 6.07) is 15.4. The first kappa shape index (κ1) is 13.9. The molecular weight excluding hydrogens is 282 g/mol. The number of hydrogen-bond acceptors (Lipinski definition) is 5. The van der Waals surface area contributed by atoms with E-state index in [0.29, 0.717) is 5.75 Å². The Kier molecular flexibility index (Phi) is 4.33. The number of nitrogens with zero attached hydrogens (tertiary/aromatic N) is 1. The highest BCUT2D eigenvalue weighted by atomic mass is 32.1. The van der Waals surface area contributed by atoms with Crippen LogP contribution in [0.3, 0.4) is 0 Å². The third kappa shape index (κ3) is 3.71. The summed E-state index contributed by atoms with van der Waals surface area (Å²) in [6.07, 6.45) is 0. The zero-order valence-electron chi connectivity index (χ0n) is 11.5. The SMILES string of the molecule is Oc1ccc(CNCCNc2nc3ccccc3s2)cc1. The second-order valence-electron chi connectivity index (χ2n) is 4.76. The Balaban J connectivity index is 1.42. The van der Waals surface area contributed by atoms with Crippen LogP contribution in [0, 0.1) is 0 Å². The molecule has 0 saturated carbocycles. The third-order valence-electron chi connectivity index (χ3n) is 3.14. The minimum Gasteiger partial charge on any atom is -0.508 e. The van der Waals surface area contributed by atoms with Gasteiger partial charge in [0, 0.05) is 19.6 Å². The predicted molar refractivity (Wildman–Crippen MR) is 87.9 cm³/mol. The Bertz CT molecular complexity index is 676. The van der Waals surface area contributed by atoms with E-state index in [1.54, 1.807) is 23.5 Å². The average molecular weight is 299 g/mol. The zero-order chi connectivity index (χ0) is 14.5. The fourth-order valence-corrected chi connectivity index (χ4v) is 2.94. The molecule has 21 heavy (non-hydrogen) atoms. The number of phenols is 1. The molecule has 3 aromatic rings. The molecule has 0 aliphatic rings. The second-order valence-corrected chi connectivity index (χ2v) is 5.79. The molecule has 2 aromatic carbocycles. The summed E-state index contributed by atoms with van der Waals surface area (Å²) in [4.78, 5) is 4.53. The molecule has 108 valence electrons. The van der Waals surface area contributed by atoms with Crippen LogP contribution in [0.4, 0.5) is 5.13 Å². The van der Waals surface area contributed by atoms with Gasteiger partial charge in [-0.3, -0.25) is 0 Å². The Morgan fingerprint density at radius 2 is 1.81 bits per heavy atom. The van der Waals surface area contributed by atoms with Crippen molar-refractivity contribution < 1.29 is 5.11 Å². The van der Waals surface area contributed by atoms with E-state index in [-0.39, 0.29) is 0 Å². The van der Waals surface area contributed by atoms with Crippen LogP contribution in [-0.2, 0) is 6.54 Å². The second kappa shape index (κ2) is 6.56. The van der Waals surface area contributed by atoms with Gasteiger partial charge in [0.25, 0.3) is 0 Å². The van der Waals surface area contributed by atoms with Gasteiger partial charge in [-0.15, -0.1) is 0 Å². The number of anilines is 1. The van der Waals surface area contributed by atoms with E-state index >= 15 is 0 Å². The fourth-order valence-electron chi connectivity index (χ4n) is 2.05. The lowest BCUT2D eigenvalue weighted by Crippen LogP contribution is -2.21. The van der Waals surface area contributed by atoms with Gasteiger partial charge in [-0.05, 0) is 29.8 Å². The van der Waals surface area contributed by atoms with Crippen molar-refractivity contribution in [3.05, 3.63) is 54.1 Å². The van der Waals surface area contributed by atoms with Crippen molar-refractivity contribution in [2.45, 2.75) is 6.54 Å². The van der Waals surface area contributed by atoms with Crippen molar-refractivity contribution in [3.8, 4) is 5.75 Å². The maximum Gasteiger partial charge on any atom is 0.183 e. The van der Waals surface area contributed by atoms with Crippen LogP contribution in [0.15, 0.2) is 48.5 Å². The first-order chi connectivity index (χ1) is 10.3. The fraction of sp³-hybridized carbons (Fsp3) is 0.188. The molecule has 0 fully saturated rings. The Morgan fingerprint density at radius 3 is 2.62 bits per heavy atom. The largest absolute Gasteiger partial charge is 0.508 e. The molecule has 3 rings (SSSR count). The summed E-state index contributed by atoms with van der Waals surface area (Å²) in [6.45, 7) is 2.48. The predicted octanol–water partition coefficient (Wildman–Crippen LogP) is 3.20. The monoisotopic (exact) mass is 299 g/mol. The smallest absolute Gasteiger partial charge is 0.183 e. The summed E-state index contributed by atoms with van der Waals surface area (Å²) < 4.78 is 1.21. The van der Waals surface area contributed by atoms with Gasteiger partial charge in [0.05, 0.1) is 10.2 Å². The van der Waals surface area contributed by atoms with Crippen molar-refractivity contribution in [2.75, 3.05) is 18.4 Å². The van der Waals surface area contributed by atoms with Crippen molar-refractivity contribution in [1.82, 2.24) is 10.3 Å². The molecule has 0 spiro atoms. The highest BCUT2D eigenvalue weighted by molar-refractivity contribution is 7.22. The minimum atomic E-state index is 0.302. The molecule has 0 unspecified atom stereocenters. The normalized spacial score (nSPS) is 10.9. The number of nitrogens with one attached hydrogen (secondary N) is 2. The first-order valence-corrected chi connectivity index (χ1v) is 7.71. The minimum absolute atomic E-state index is 0.302. The lowest BCUT2D eigenvalue weighted by Gasteiger charge is -2.05. The quantitative estimate of drug-likeness (QED) is 0.612. The highest BCUT2D eigenvalue weighted by Gasteiger charge is 2.01. The molecule has 0 amide bonds. The van der Waals surface area contributed by atoms with Gasteiger partial charge in [0.2, 0.25) is 0 Å². The summed E-state index contributed by atoms with van der Waals surface area (Å²) in [5.74, 6) is 0.302. The van der Waals surface area contributed by atoms with Gasteiger partial charge >= 0.3 is 0 Å². The van der Waals surface area contributed by atoms with E-state index in [1.807, 2.05) is 30.3 Å². The Morgan fingerprint density at radius 1 is 1.00 bits per heavy atom. The van der Waals surface area contributed by atoms with E-state index in [9.17, 15) is 5.11 Å². The zero-order valence-corrected chi connectivity index (χ0v) is 12.4. The molecule has 0 aliphatic carbocycles. The molecule has 0 aliphatic heterocycles. The van der Waals surface area contributed by atoms with E-state index in [4.69, 9.17) is 0 Å².